The number of hydrogen-bond donors (Lipinski definition) is 2. The molecule has 0 aliphatic rings. The minimum absolute atomic E-state index is 0.670. The summed E-state index contributed by atoms with van der Waals surface area (Å²) in [6, 6.07) is 0. The van der Waals surface area contributed by atoms with Gasteiger partial charge in [-0.05, 0) is 0 Å². The van der Waals surface area contributed by atoms with Crippen molar-refractivity contribution in [3.8, 4) is 0 Å². The van der Waals surface area contributed by atoms with Crippen LogP contribution in [0.4, 0.5) is 0 Å². The molecule has 2 heteroatoms. The molecule has 0 saturated heterocycles. The Morgan fingerprint density at radius 3 is 3.00 bits per heavy atom. The Morgan fingerprint density at radius 2 is 3.00 bits per heavy atom. The summed E-state index contributed by atoms with van der Waals surface area (Å²) in [5.74, 6) is 0.740. The second kappa shape index (κ2) is 3.31. The van der Waals surface area contributed by atoms with E-state index in [1.165, 1.54) is 0 Å². The Balaban J connectivity index is 2.19. The maximum Gasteiger partial charge on any atom is 0.118 e. The van der Waals surface area contributed by atoms with Crippen LogP contribution in [0.5, 0.6) is 0 Å². The number of rotatable bonds is 2. The third kappa shape index (κ3) is 2.31. The van der Waals surface area contributed by atoms with Crippen LogP contribution in [0.1, 0.15) is 0 Å². The van der Waals surface area contributed by atoms with Crippen LogP contribution in [0, 0.1) is 0 Å². The smallest absolute Gasteiger partial charge is 0.118 e. The number of thiol groups is 1. The summed E-state index contributed by atoms with van der Waals surface area (Å²) in [7, 11) is 0. The van der Waals surface area contributed by atoms with Crippen molar-refractivity contribution in [3.63, 3.8) is 0 Å². The van der Waals surface area contributed by atoms with Crippen molar-refractivity contribution in [3.05, 3.63) is 0 Å². The Bertz CT molecular complexity index is 17.1. The summed E-state index contributed by atoms with van der Waals surface area (Å²) in [5.41, 5.74) is 2.19. The normalized spacial score (nSPS) is 10.8. The first-order chi connectivity index (χ1) is 2.41. The molecule has 0 spiro atoms. The molecule has 0 aliphatic heterocycles. The minimum atomic E-state index is 0.670. The molecule has 0 fully saturated rings. The first-order valence-corrected chi connectivity index (χ1v) is 1.80. The standard InChI is InChI=1S/C2H7NS/c3-1-2-4/h4H,1-3H2/i/hD. The molecule has 0 rings (SSSR count). The van der Waals surface area contributed by atoms with Crippen molar-refractivity contribution < 1.29 is 1.41 Å². The van der Waals surface area contributed by atoms with Gasteiger partial charge >= 0.3 is 0 Å². The van der Waals surface area contributed by atoms with Gasteiger partial charge in [0.05, 0.1) is 0 Å². The van der Waals surface area contributed by atoms with Crippen molar-refractivity contribution in [1.82, 2.24) is 0 Å². The van der Waals surface area contributed by atoms with Crippen LogP contribution in [-0.4, -0.2) is 12.3 Å². The molecule has 0 aromatic carbocycles. The van der Waals surface area contributed by atoms with Gasteiger partial charge in [-0.15, -0.1) is 0 Å². The van der Waals surface area contributed by atoms with Gasteiger partial charge in [-0.2, -0.15) is 12.6 Å². The van der Waals surface area contributed by atoms with Gasteiger partial charge in [0.1, 0.15) is 1.41 Å². The van der Waals surface area contributed by atoms with E-state index in [1.807, 2.05) is 0 Å². The highest BCUT2D eigenvalue weighted by atomic mass is 32.1. The maximum absolute atomic E-state index is 6.30. The van der Waals surface area contributed by atoms with Gasteiger partial charge in [0, 0.05) is 12.3 Å². The molecule has 26 valence electrons. The molecule has 1 nitrogen and oxygen atoms in total. The highest BCUT2D eigenvalue weighted by Gasteiger charge is 1.56. The van der Waals surface area contributed by atoms with E-state index >= 15 is 0 Å². The lowest BCUT2D eigenvalue weighted by atomic mass is 10.8. The lowest BCUT2D eigenvalue weighted by Crippen LogP contribution is -1.97. The molecule has 0 radical (unpaired) electrons. The molecule has 0 unspecified atom stereocenters. The zero-order valence-electron chi connectivity index (χ0n) is 3.36. The molecule has 0 aliphatic carbocycles. The van der Waals surface area contributed by atoms with E-state index in [9.17, 15) is 0 Å². The fourth-order valence-corrected chi connectivity index (χ4v) is 0. The third-order valence-corrected chi connectivity index (χ3v) is 0.335. The van der Waals surface area contributed by atoms with Gasteiger partial charge in [0.25, 0.3) is 0 Å². The molecule has 0 bridgehead atoms. The lowest BCUT2D eigenvalue weighted by Gasteiger charge is -1.69. The van der Waals surface area contributed by atoms with Crippen molar-refractivity contribution in [2.45, 2.75) is 0 Å². The summed E-state index contributed by atoms with van der Waals surface area (Å²) in [6.45, 7) is 0.670. The van der Waals surface area contributed by atoms with Crippen LogP contribution in [-0.2, 0) is 0 Å². The third-order valence-electron chi connectivity index (χ3n) is 0.112. The second-order valence-corrected chi connectivity index (χ2v) is 0.921. The fourth-order valence-electron chi connectivity index (χ4n) is 0. The predicted molar refractivity (Wildman–Crippen MR) is 22.9 cm³/mol. The highest BCUT2D eigenvalue weighted by molar-refractivity contribution is 7.80. The highest BCUT2D eigenvalue weighted by Crippen LogP contribution is 1.58. The van der Waals surface area contributed by atoms with E-state index in [4.69, 9.17) is 1.41 Å². The molecule has 0 aromatic heterocycles. The number of hydrogen-bond acceptors (Lipinski definition) is 2. The van der Waals surface area contributed by atoms with Gasteiger partial charge in [0.2, 0.25) is 0 Å². The van der Waals surface area contributed by atoms with Gasteiger partial charge in [-0.1, -0.05) is 0 Å². The van der Waals surface area contributed by atoms with Crippen LogP contribution in [0.25, 0.3) is 0 Å². The van der Waals surface area contributed by atoms with E-state index in [2.05, 4.69) is 18.4 Å². The summed E-state index contributed by atoms with van der Waals surface area (Å²) in [6.07, 6.45) is 0. The van der Waals surface area contributed by atoms with Crippen molar-refractivity contribution >= 4 is 12.6 Å². The van der Waals surface area contributed by atoms with E-state index in [0.29, 0.717) is 6.54 Å². The largest absolute Gasteiger partial charge is 0.330 e. The quantitative estimate of drug-likeness (QED) is 0.442. The maximum atomic E-state index is 6.30. The predicted octanol–water partition coefficient (Wildman–Crippen LogP) is -0.125. The molecule has 0 saturated carbocycles. The van der Waals surface area contributed by atoms with Gasteiger partial charge in [0.15, 0.2) is 0 Å². The van der Waals surface area contributed by atoms with Gasteiger partial charge in [-0.3, -0.25) is 0 Å². The van der Waals surface area contributed by atoms with E-state index in [1.54, 1.807) is 0 Å². The molecule has 4 heavy (non-hydrogen) atoms. The average Bonchev–Trinajstić information content (AvgIpc) is 1.41. The molecule has 0 heterocycles. The summed E-state index contributed by atoms with van der Waals surface area (Å²) in [5, 5.41) is 0. The minimum Gasteiger partial charge on any atom is -0.330 e. The molecular formula is C2H7NS. The lowest BCUT2D eigenvalue weighted by molar-refractivity contribution is 1.16. The topological polar surface area (TPSA) is 26.0 Å². The first kappa shape index (κ1) is 2.54. The van der Waals surface area contributed by atoms with Crippen molar-refractivity contribution in [2.24, 2.45) is 5.73 Å². The van der Waals surface area contributed by atoms with Gasteiger partial charge < -0.3 is 5.73 Å². The SMILES string of the molecule is [2H]NCCS. The van der Waals surface area contributed by atoms with E-state index < -0.39 is 0 Å². The Hall–Kier alpha value is 0.310. The monoisotopic (exact) mass is 78.0 g/mol. The Labute approximate surface area is 33.1 Å². The molecule has 2 N–H and O–H groups in total. The first-order valence-electron chi connectivity index (χ1n) is 1.67. The zero-order chi connectivity index (χ0) is 4.12. The molecule has 0 atom stereocenters. The molecular weight excluding hydrogens is 70.1 g/mol. The van der Waals surface area contributed by atoms with Crippen LogP contribution >= 0.6 is 12.6 Å². The fraction of sp³-hybridized carbons (Fsp3) is 1.00. The summed E-state index contributed by atoms with van der Waals surface area (Å²) in [4.78, 5) is 0. The second-order valence-electron chi connectivity index (χ2n) is 0.474. The van der Waals surface area contributed by atoms with Crippen LogP contribution in [0.3, 0.4) is 0 Å². The van der Waals surface area contributed by atoms with E-state index in [-0.39, 0.29) is 0 Å². The van der Waals surface area contributed by atoms with Crippen molar-refractivity contribution in [1.29, 1.82) is 0 Å². The zero-order valence-corrected chi connectivity index (χ0v) is 3.26. The molecule has 0 amide bonds. The van der Waals surface area contributed by atoms with Crippen LogP contribution in [0.2, 0.25) is 1.41 Å². The Morgan fingerprint density at radius 1 is 2.25 bits per heavy atom. The van der Waals surface area contributed by atoms with Crippen LogP contribution in [0.15, 0.2) is 0 Å². The Kier molecular flexibility index (Phi) is 2.10. The van der Waals surface area contributed by atoms with Crippen LogP contribution < -0.4 is 5.73 Å². The average molecular weight is 78.2 g/mol. The summed E-state index contributed by atoms with van der Waals surface area (Å²) >= 11 is 3.82. The summed E-state index contributed by atoms with van der Waals surface area (Å²) < 4.78 is 6.30. The number of nitrogens with two attached hydrogens (primary N) is 1. The van der Waals surface area contributed by atoms with Gasteiger partial charge in [-0.25, -0.2) is 0 Å². The van der Waals surface area contributed by atoms with Crippen molar-refractivity contribution in [2.75, 3.05) is 12.3 Å². The molecule has 0 aromatic rings. The van der Waals surface area contributed by atoms with E-state index in [0.717, 1.165) is 5.75 Å².